The van der Waals surface area contributed by atoms with Gasteiger partial charge in [-0.25, -0.2) is 0 Å². The molecule has 0 saturated heterocycles. The molecule has 0 unspecified atom stereocenters. The number of hydrogen-bond acceptors (Lipinski definition) is 6. The third kappa shape index (κ3) is 5.90. The highest BCUT2D eigenvalue weighted by atomic mass is 32.2. The molecule has 0 fully saturated rings. The summed E-state index contributed by atoms with van der Waals surface area (Å²) in [7, 11) is 1.62. The molecule has 0 saturated carbocycles. The van der Waals surface area contributed by atoms with E-state index >= 15 is 0 Å². The summed E-state index contributed by atoms with van der Waals surface area (Å²) in [5.41, 5.74) is 2.53. The molecule has 0 spiro atoms. The van der Waals surface area contributed by atoms with E-state index in [0.29, 0.717) is 23.1 Å². The summed E-state index contributed by atoms with van der Waals surface area (Å²) in [5, 5.41) is 11.8. The SMILES string of the molecule is COc1ccc(-c2nnc(SCC(=O)NC(=O)c3ccccc3)n2CCc2ccccc2)cc1. The maximum absolute atomic E-state index is 12.4. The number of nitrogens with zero attached hydrogens (tertiary/aromatic N) is 3. The van der Waals surface area contributed by atoms with Crippen molar-refractivity contribution in [2.45, 2.75) is 18.1 Å². The highest BCUT2D eigenvalue weighted by Gasteiger charge is 2.17. The molecule has 1 N–H and O–H groups in total. The molecule has 0 radical (unpaired) electrons. The van der Waals surface area contributed by atoms with Crippen molar-refractivity contribution >= 4 is 23.6 Å². The van der Waals surface area contributed by atoms with Crippen molar-refractivity contribution in [1.29, 1.82) is 0 Å². The summed E-state index contributed by atoms with van der Waals surface area (Å²) >= 11 is 1.25. The number of carbonyl (C=O) groups is 2. The van der Waals surface area contributed by atoms with Crippen LogP contribution >= 0.6 is 11.8 Å². The molecular weight excluding hydrogens is 448 g/mol. The number of rotatable bonds is 9. The smallest absolute Gasteiger partial charge is 0.257 e. The van der Waals surface area contributed by atoms with Crippen molar-refractivity contribution in [2.24, 2.45) is 0 Å². The van der Waals surface area contributed by atoms with Crippen LogP contribution in [0.5, 0.6) is 5.75 Å². The van der Waals surface area contributed by atoms with Crippen molar-refractivity contribution in [3.05, 3.63) is 96.1 Å². The van der Waals surface area contributed by atoms with Crippen LogP contribution in [0.3, 0.4) is 0 Å². The van der Waals surface area contributed by atoms with Gasteiger partial charge in [0.1, 0.15) is 5.75 Å². The Balaban J connectivity index is 1.49. The first-order valence-corrected chi connectivity index (χ1v) is 11.8. The van der Waals surface area contributed by atoms with E-state index < -0.39 is 5.91 Å². The van der Waals surface area contributed by atoms with E-state index in [2.05, 4.69) is 27.6 Å². The first kappa shape index (κ1) is 23.3. The fourth-order valence-electron chi connectivity index (χ4n) is 3.39. The van der Waals surface area contributed by atoms with E-state index in [1.54, 1.807) is 31.4 Å². The maximum atomic E-state index is 12.4. The van der Waals surface area contributed by atoms with Crippen LogP contribution in [0.1, 0.15) is 15.9 Å². The normalized spacial score (nSPS) is 10.6. The van der Waals surface area contributed by atoms with Gasteiger partial charge in [0.05, 0.1) is 12.9 Å². The molecular formula is C26H24N4O3S. The second-order valence-electron chi connectivity index (χ2n) is 7.45. The van der Waals surface area contributed by atoms with Crippen molar-refractivity contribution in [2.75, 3.05) is 12.9 Å². The number of carbonyl (C=O) groups excluding carboxylic acids is 2. The van der Waals surface area contributed by atoms with Crippen LogP contribution in [0, 0.1) is 0 Å². The Bertz CT molecular complexity index is 1240. The molecule has 4 aromatic rings. The molecule has 0 aliphatic rings. The summed E-state index contributed by atoms with van der Waals surface area (Å²) in [5.74, 6) is 0.707. The number of benzene rings is 3. The Hall–Kier alpha value is -3.91. The summed E-state index contributed by atoms with van der Waals surface area (Å²) in [6.07, 6.45) is 0.786. The largest absolute Gasteiger partial charge is 0.497 e. The zero-order valence-corrected chi connectivity index (χ0v) is 19.5. The fourth-order valence-corrected chi connectivity index (χ4v) is 4.16. The van der Waals surface area contributed by atoms with Gasteiger partial charge in [-0.05, 0) is 48.4 Å². The second kappa shape index (κ2) is 11.3. The van der Waals surface area contributed by atoms with Gasteiger partial charge in [0.2, 0.25) is 5.91 Å². The van der Waals surface area contributed by atoms with Gasteiger partial charge in [0.15, 0.2) is 11.0 Å². The maximum Gasteiger partial charge on any atom is 0.257 e. The van der Waals surface area contributed by atoms with E-state index in [-0.39, 0.29) is 11.7 Å². The summed E-state index contributed by atoms with van der Waals surface area (Å²) in [4.78, 5) is 24.7. The molecule has 34 heavy (non-hydrogen) atoms. The predicted octanol–water partition coefficient (Wildman–Crippen LogP) is 4.25. The van der Waals surface area contributed by atoms with E-state index in [9.17, 15) is 9.59 Å². The lowest BCUT2D eigenvalue weighted by molar-refractivity contribution is -0.117. The van der Waals surface area contributed by atoms with Crippen LogP contribution in [0.25, 0.3) is 11.4 Å². The molecule has 7 nitrogen and oxygen atoms in total. The lowest BCUT2D eigenvalue weighted by Gasteiger charge is -2.11. The lowest BCUT2D eigenvalue weighted by atomic mass is 10.1. The Morgan fingerprint density at radius 3 is 2.26 bits per heavy atom. The van der Waals surface area contributed by atoms with Crippen LogP contribution in [0.4, 0.5) is 0 Å². The molecule has 172 valence electrons. The Morgan fingerprint density at radius 2 is 1.59 bits per heavy atom. The van der Waals surface area contributed by atoms with Gasteiger partial charge in [-0.1, -0.05) is 60.3 Å². The third-order valence-electron chi connectivity index (χ3n) is 5.15. The van der Waals surface area contributed by atoms with Crippen molar-refractivity contribution < 1.29 is 14.3 Å². The van der Waals surface area contributed by atoms with Crippen LogP contribution in [-0.2, 0) is 17.8 Å². The Morgan fingerprint density at radius 1 is 0.912 bits per heavy atom. The van der Waals surface area contributed by atoms with Gasteiger partial charge in [0, 0.05) is 17.7 Å². The van der Waals surface area contributed by atoms with Gasteiger partial charge >= 0.3 is 0 Å². The van der Waals surface area contributed by atoms with Crippen LogP contribution in [0.2, 0.25) is 0 Å². The number of ether oxygens (including phenoxy) is 1. The molecule has 4 rings (SSSR count). The van der Waals surface area contributed by atoms with E-state index in [1.165, 1.54) is 17.3 Å². The number of aryl methyl sites for hydroxylation is 1. The summed E-state index contributed by atoms with van der Waals surface area (Å²) < 4.78 is 7.26. The van der Waals surface area contributed by atoms with Gasteiger partial charge in [-0.15, -0.1) is 10.2 Å². The Kier molecular flexibility index (Phi) is 7.72. The minimum absolute atomic E-state index is 0.0463. The topological polar surface area (TPSA) is 86.1 Å². The number of aromatic nitrogens is 3. The zero-order valence-electron chi connectivity index (χ0n) is 18.7. The fraction of sp³-hybridized carbons (Fsp3) is 0.154. The predicted molar refractivity (Wildman–Crippen MR) is 132 cm³/mol. The second-order valence-corrected chi connectivity index (χ2v) is 8.40. The molecule has 8 heteroatoms. The minimum atomic E-state index is -0.421. The van der Waals surface area contributed by atoms with Gasteiger partial charge in [-0.2, -0.15) is 0 Å². The van der Waals surface area contributed by atoms with Crippen molar-refractivity contribution in [3.8, 4) is 17.1 Å². The molecule has 0 atom stereocenters. The van der Waals surface area contributed by atoms with Crippen LogP contribution in [0.15, 0.2) is 90.1 Å². The van der Waals surface area contributed by atoms with Crippen LogP contribution < -0.4 is 10.1 Å². The molecule has 0 aliphatic carbocycles. The molecule has 0 bridgehead atoms. The van der Waals surface area contributed by atoms with Gasteiger partial charge in [-0.3, -0.25) is 14.9 Å². The number of methoxy groups -OCH3 is 1. The third-order valence-corrected chi connectivity index (χ3v) is 6.12. The molecule has 3 aromatic carbocycles. The Labute approximate surface area is 202 Å². The summed E-state index contributed by atoms with van der Waals surface area (Å²) in [6, 6.07) is 26.4. The number of amides is 2. The van der Waals surface area contributed by atoms with E-state index in [1.807, 2.05) is 53.1 Å². The van der Waals surface area contributed by atoms with E-state index in [4.69, 9.17) is 4.74 Å². The number of imide groups is 1. The molecule has 2 amide bonds. The van der Waals surface area contributed by atoms with Crippen LogP contribution in [-0.4, -0.2) is 39.4 Å². The minimum Gasteiger partial charge on any atom is -0.497 e. The molecule has 1 aromatic heterocycles. The molecule has 0 aliphatic heterocycles. The zero-order chi connectivity index (χ0) is 23.8. The number of nitrogens with one attached hydrogen (secondary N) is 1. The first-order valence-electron chi connectivity index (χ1n) is 10.8. The van der Waals surface area contributed by atoms with Gasteiger partial charge in [0.25, 0.3) is 5.91 Å². The average molecular weight is 473 g/mol. The van der Waals surface area contributed by atoms with Crippen molar-refractivity contribution in [1.82, 2.24) is 20.1 Å². The number of thioether (sulfide) groups is 1. The van der Waals surface area contributed by atoms with Gasteiger partial charge < -0.3 is 9.30 Å². The highest BCUT2D eigenvalue weighted by molar-refractivity contribution is 7.99. The number of hydrogen-bond donors (Lipinski definition) is 1. The monoisotopic (exact) mass is 472 g/mol. The first-order chi connectivity index (χ1) is 16.6. The lowest BCUT2D eigenvalue weighted by Crippen LogP contribution is -2.31. The highest BCUT2D eigenvalue weighted by Crippen LogP contribution is 2.26. The standard InChI is InChI=1S/C26H24N4O3S/c1-33-22-14-12-20(13-15-22)24-28-29-26(30(24)17-16-19-8-4-2-5-9-19)34-18-23(31)27-25(32)21-10-6-3-7-11-21/h2-15H,16-18H2,1H3,(H,27,31,32). The van der Waals surface area contributed by atoms with Crippen molar-refractivity contribution in [3.63, 3.8) is 0 Å². The average Bonchev–Trinajstić information content (AvgIpc) is 3.30. The summed E-state index contributed by atoms with van der Waals surface area (Å²) in [6.45, 7) is 0.644. The quantitative estimate of drug-likeness (QED) is 0.367. The molecule has 1 heterocycles. The van der Waals surface area contributed by atoms with E-state index in [0.717, 1.165) is 17.7 Å².